The summed E-state index contributed by atoms with van der Waals surface area (Å²) in [5.41, 5.74) is 0.105. The second kappa shape index (κ2) is 6.51. The summed E-state index contributed by atoms with van der Waals surface area (Å²) in [7, 11) is 0. The Morgan fingerprint density at radius 3 is 2.55 bits per heavy atom. The molecule has 0 aliphatic carbocycles. The van der Waals surface area contributed by atoms with Crippen molar-refractivity contribution in [2.24, 2.45) is 0 Å². The zero-order valence-corrected chi connectivity index (χ0v) is 12.4. The average molecular weight is 384 g/mol. The molecule has 0 amide bonds. The maximum Gasteiger partial charge on any atom is 0.328 e. The molecule has 0 spiro atoms. The van der Waals surface area contributed by atoms with E-state index in [-0.39, 0.29) is 11.3 Å². The third-order valence-electron chi connectivity index (χ3n) is 2.45. The lowest BCUT2D eigenvalue weighted by atomic mass is 10.1. The molecule has 0 saturated heterocycles. The predicted molar refractivity (Wildman–Crippen MR) is 82.3 cm³/mol. The zero-order valence-electron chi connectivity index (χ0n) is 10.2. The van der Waals surface area contributed by atoms with Crippen molar-refractivity contribution in [1.29, 1.82) is 0 Å². The van der Waals surface area contributed by atoms with Crippen LogP contribution in [-0.4, -0.2) is 11.1 Å². The van der Waals surface area contributed by atoms with Gasteiger partial charge in [-0.15, -0.1) is 0 Å². The minimum Gasteiger partial charge on any atom is -0.478 e. The van der Waals surface area contributed by atoms with Gasteiger partial charge in [-0.2, -0.15) is 0 Å². The van der Waals surface area contributed by atoms with Crippen LogP contribution >= 0.6 is 22.6 Å². The van der Waals surface area contributed by atoms with Gasteiger partial charge in [-0.25, -0.2) is 9.18 Å². The van der Waals surface area contributed by atoms with Gasteiger partial charge in [0.1, 0.15) is 17.3 Å². The fourth-order valence-electron chi connectivity index (χ4n) is 1.55. The van der Waals surface area contributed by atoms with E-state index < -0.39 is 11.8 Å². The van der Waals surface area contributed by atoms with Gasteiger partial charge in [-0.3, -0.25) is 0 Å². The number of ether oxygens (including phenoxy) is 1. The van der Waals surface area contributed by atoms with Crippen LogP contribution in [0.2, 0.25) is 0 Å². The Labute approximate surface area is 128 Å². The van der Waals surface area contributed by atoms with Gasteiger partial charge in [0.2, 0.25) is 0 Å². The summed E-state index contributed by atoms with van der Waals surface area (Å²) in [5.74, 6) is -0.858. The standard InChI is InChI=1S/C15H10FIO3/c16-13-2-1-3-14(12(13)8-9-15(18)19)20-11-6-4-10(17)5-7-11/h1-9H,(H,18,19)/b9-8+. The molecule has 5 heteroatoms. The Morgan fingerprint density at radius 2 is 1.90 bits per heavy atom. The Hall–Kier alpha value is -1.89. The summed E-state index contributed by atoms with van der Waals surface area (Å²) in [6, 6.07) is 11.6. The molecule has 102 valence electrons. The monoisotopic (exact) mass is 384 g/mol. The highest BCUT2D eigenvalue weighted by Crippen LogP contribution is 2.28. The van der Waals surface area contributed by atoms with Crippen LogP contribution in [0.3, 0.4) is 0 Å². The second-order valence-corrected chi connectivity index (χ2v) is 5.12. The van der Waals surface area contributed by atoms with Crippen LogP contribution in [0, 0.1) is 9.39 Å². The number of carbonyl (C=O) groups is 1. The summed E-state index contributed by atoms with van der Waals surface area (Å²) in [4.78, 5) is 10.5. The van der Waals surface area contributed by atoms with E-state index in [4.69, 9.17) is 9.84 Å². The molecule has 0 aliphatic heterocycles. The molecule has 0 heterocycles. The van der Waals surface area contributed by atoms with Crippen LogP contribution in [0.5, 0.6) is 11.5 Å². The minimum atomic E-state index is -1.14. The Balaban J connectivity index is 2.33. The van der Waals surface area contributed by atoms with Gasteiger partial charge in [0.15, 0.2) is 0 Å². The first-order valence-corrected chi connectivity index (χ1v) is 6.77. The van der Waals surface area contributed by atoms with Crippen molar-refractivity contribution in [3.8, 4) is 11.5 Å². The molecule has 0 saturated carbocycles. The molecule has 2 rings (SSSR count). The van der Waals surface area contributed by atoms with E-state index in [9.17, 15) is 9.18 Å². The summed E-state index contributed by atoms with van der Waals surface area (Å²) >= 11 is 2.17. The van der Waals surface area contributed by atoms with Crippen LogP contribution < -0.4 is 4.74 Å². The van der Waals surface area contributed by atoms with E-state index in [2.05, 4.69) is 22.6 Å². The number of hydrogen-bond donors (Lipinski definition) is 1. The van der Waals surface area contributed by atoms with Crippen molar-refractivity contribution < 1.29 is 19.0 Å². The lowest BCUT2D eigenvalue weighted by Crippen LogP contribution is -1.92. The molecule has 1 N–H and O–H groups in total. The number of benzene rings is 2. The zero-order chi connectivity index (χ0) is 14.5. The van der Waals surface area contributed by atoms with Gasteiger partial charge in [0, 0.05) is 9.65 Å². The van der Waals surface area contributed by atoms with Crippen LogP contribution in [-0.2, 0) is 4.79 Å². The number of carboxylic acids is 1. The van der Waals surface area contributed by atoms with E-state index in [0.717, 1.165) is 9.65 Å². The highest BCUT2D eigenvalue weighted by atomic mass is 127. The lowest BCUT2D eigenvalue weighted by Gasteiger charge is -2.09. The molecule has 0 aliphatic rings. The molecule has 20 heavy (non-hydrogen) atoms. The van der Waals surface area contributed by atoms with Crippen molar-refractivity contribution in [3.63, 3.8) is 0 Å². The first-order chi connectivity index (χ1) is 9.56. The number of halogens is 2. The molecule has 3 nitrogen and oxygen atoms in total. The fraction of sp³-hybridized carbons (Fsp3) is 0. The molecular formula is C15H10FIO3. The molecule has 0 aromatic heterocycles. The number of hydrogen-bond acceptors (Lipinski definition) is 2. The predicted octanol–water partition coefficient (Wildman–Crippen LogP) is 4.32. The molecule has 0 unspecified atom stereocenters. The molecule has 2 aromatic carbocycles. The summed E-state index contributed by atoms with van der Waals surface area (Å²) < 4.78 is 20.4. The van der Waals surface area contributed by atoms with Crippen LogP contribution in [0.15, 0.2) is 48.5 Å². The highest BCUT2D eigenvalue weighted by molar-refractivity contribution is 14.1. The average Bonchev–Trinajstić information content (AvgIpc) is 2.40. The van der Waals surface area contributed by atoms with E-state index in [0.29, 0.717) is 5.75 Å². The van der Waals surface area contributed by atoms with Crippen LogP contribution in [0.1, 0.15) is 5.56 Å². The first-order valence-electron chi connectivity index (χ1n) is 5.69. The molecule has 0 fully saturated rings. The summed E-state index contributed by atoms with van der Waals surface area (Å²) in [6.45, 7) is 0. The molecule has 0 bridgehead atoms. The van der Waals surface area contributed by atoms with Gasteiger partial charge >= 0.3 is 5.97 Å². The van der Waals surface area contributed by atoms with Crippen molar-refractivity contribution >= 4 is 34.6 Å². The molecule has 2 aromatic rings. The second-order valence-electron chi connectivity index (χ2n) is 3.88. The van der Waals surface area contributed by atoms with Crippen LogP contribution in [0.25, 0.3) is 6.08 Å². The van der Waals surface area contributed by atoms with E-state index in [1.807, 2.05) is 12.1 Å². The Kier molecular flexibility index (Phi) is 4.73. The number of carboxylic acid groups (broad SMARTS) is 1. The Bertz CT molecular complexity index is 651. The fourth-order valence-corrected chi connectivity index (χ4v) is 1.91. The van der Waals surface area contributed by atoms with Crippen molar-refractivity contribution in [2.75, 3.05) is 0 Å². The first kappa shape index (κ1) is 14.5. The summed E-state index contributed by atoms with van der Waals surface area (Å²) in [5, 5.41) is 8.63. The molecule has 0 radical (unpaired) electrons. The number of aliphatic carboxylic acids is 1. The van der Waals surface area contributed by atoms with Gasteiger partial charge in [-0.05, 0) is 65.1 Å². The maximum atomic E-state index is 13.7. The minimum absolute atomic E-state index is 0.105. The van der Waals surface area contributed by atoms with Crippen molar-refractivity contribution in [1.82, 2.24) is 0 Å². The van der Waals surface area contributed by atoms with E-state index >= 15 is 0 Å². The summed E-state index contributed by atoms with van der Waals surface area (Å²) in [6.07, 6.45) is 2.05. The normalized spacial score (nSPS) is 10.7. The Morgan fingerprint density at radius 1 is 1.20 bits per heavy atom. The number of rotatable bonds is 4. The van der Waals surface area contributed by atoms with Crippen LogP contribution in [0.4, 0.5) is 4.39 Å². The van der Waals surface area contributed by atoms with Gasteiger partial charge in [-0.1, -0.05) is 6.07 Å². The van der Waals surface area contributed by atoms with Gasteiger partial charge in [0.25, 0.3) is 0 Å². The molecular weight excluding hydrogens is 374 g/mol. The van der Waals surface area contributed by atoms with Gasteiger partial charge < -0.3 is 9.84 Å². The third kappa shape index (κ3) is 3.80. The highest BCUT2D eigenvalue weighted by Gasteiger charge is 2.08. The topological polar surface area (TPSA) is 46.5 Å². The van der Waals surface area contributed by atoms with Gasteiger partial charge in [0.05, 0.1) is 5.56 Å². The molecule has 0 atom stereocenters. The van der Waals surface area contributed by atoms with Crippen molar-refractivity contribution in [2.45, 2.75) is 0 Å². The quantitative estimate of drug-likeness (QED) is 0.631. The van der Waals surface area contributed by atoms with E-state index in [1.54, 1.807) is 18.2 Å². The lowest BCUT2D eigenvalue weighted by molar-refractivity contribution is -0.131. The third-order valence-corrected chi connectivity index (χ3v) is 3.17. The maximum absolute atomic E-state index is 13.7. The van der Waals surface area contributed by atoms with Crippen molar-refractivity contribution in [3.05, 3.63) is 63.5 Å². The van der Waals surface area contributed by atoms with E-state index in [1.165, 1.54) is 18.2 Å². The smallest absolute Gasteiger partial charge is 0.328 e. The largest absolute Gasteiger partial charge is 0.478 e. The SMILES string of the molecule is O=C(O)/C=C/c1c(F)cccc1Oc1ccc(I)cc1.